The van der Waals surface area contributed by atoms with Gasteiger partial charge >= 0.3 is 0 Å². The lowest BCUT2D eigenvalue weighted by Crippen LogP contribution is -2.34. The minimum atomic E-state index is -0.347. The Morgan fingerprint density at radius 3 is 2.49 bits per heavy atom. The summed E-state index contributed by atoms with van der Waals surface area (Å²) in [5, 5.41) is 7.14. The van der Waals surface area contributed by atoms with Gasteiger partial charge in [-0.15, -0.1) is 0 Å². The summed E-state index contributed by atoms with van der Waals surface area (Å²) in [7, 11) is 0. The summed E-state index contributed by atoms with van der Waals surface area (Å²) < 4.78 is 2.29. The molecule has 0 aliphatic rings. The number of anilines is 1. The lowest BCUT2D eigenvalue weighted by atomic mass is 10.00. The normalized spacial score (nSPS) is 12.2. The number of unbranched alkanes of at least 4 members (excludes halogenated alkanes) is 1. The number of nitrogen functional groups attached to an aromatic ring is 1. The zero-order valence-electron chi connectivity index (χ0n) is 22.9. The minimum absolute atomic E-state index is 0.0904. The predicted octanol–water partition coefficient (Wildman–Crippen LogP) is 4.01. The van der Waals surface area contributed by atoms with Crippen LogP contribution in [0.5, 0.6) is 0 Å². The summed E-state index contributed by atoms with van der Waals surface area (Å²) in [5.41, 5.74) is 16.6. The van der Waals surface area contributed by atoms with E-state index in [-0.39, 0.29) is 24.2 Å². The van der Waals surface area contributed by atoms with Crippen LogP contribution in [-0.2, 0) is 29.1 Å². The molecule has 0 fully saturated rings. The summed E-state index contributed by atoms with van der Waals surface area (Å²) >= 11 is 0. The lowest BCUT2D eigenvalue weighted by molar-refractivity contribution is -0.123. The Morgan fingerprint density at radius 1 is 1.03 bits per heavy atom. The van der Waals surface area contributed by atoms with Crippen molar-refractivity contribution in [2.24, 2.45) is 11.7 Å². The van der Waals surface area contributed by atoms with Gasteiger partial charge in [0.15, 0.2) is 5.82 Å². The second kappa shape index (κ2) is 13.2. The summed E-state index contributed by atoms with van der Waals surface area (Å²) in [4.78, 5) is 32.9. The predicted molar refractivity (Wildman–Crippen MR) is 156 cm³/mol. The van der Waals surface area contributed by atoms with Gasteiger partial charge in [0.05, 0.1) is 17.7 Å². The topological polar surface area (TPSA) is 141 Å². The maximum Gasteiger partial charge on any atom is 0.221 e. The molecule has 9 nitrogen and oxygen atoms in total. The standard InChI is InChI=1S/C30H39N7O2/c1-3-5-10-25-36-27-28(23-8-6-7-9-24(23)35-29(27)31)37(25)18-21-13-11-20(12-14-21)17-33-19-34-26(38)16-15-22(4-2)30(32)39/h6-9,11-14,22,33H,3-5,10,15-19H2,1-2H3,(H2,31,35)(H2,32,39)(H,34,38). The molecule has 2 heterocycles. The first-order chi connectivity index (χ1) is 18.9. The van der Waals surface area contributed by atoms with Crippen molar-refractivity contribution >= 4 is 39.6 Å². The quantitative estimate of drug-likeness (QED) is 0.144. The fourth-order valence-corrected chi connectivity index (χ4v) is 4.86. The number of aromatic nitrogens is 3. The van der Waals surface area contributed by atoms with Gasteiger partial charge in [0.1, 0.15) is 11.3 Å². The number of imidazole rings is 1. The third-order valence-corrected chi connectivity index (χ3v) is 7.16. The Morgan fingerprint density at radius 2 is 1.77 bits per heavy atom. The maximum absolute atomic E-state index is 12.1. The number of benzene rings is 2. The molecule has 2 amide bonds. The Balaban J connectivity index is 1.40. The monoisotopic (exact) mass is 529 g/mol. The first kappa shape index (κ1) is 28.0. The van der Waals surface area contributed by atoms with E-state index in [1.807, 2.05) is 25.1 Å². The van der Waals surface area contributed by atoms with Gasteiger partial charge in [0.2, 0.25) is 11.8 Å². The number of fused-ring (bicyclic) bond motifs is 3. The molecule has 0 spiro atoms. The largest absolute Gasteiger partial charge is 0.382 e. The second-order valence-corrected chi connectivity index (χ2v) is 10.00. The molecule has 1 atom stereocenters. The molecular weight excluding hydrogens is 490 g/mol. The Labute approximate surface area is 229 Å². The van der Waals surface area contributed by atoms with Crippen molar-refractivity contribution in [1.29, 1.82) is 0 Å². The van der Waals surface area contributed by atoms with Crippen molar-refractivity contribution in [3.63, 3.8) is 0 Å². The van der Waals surface area contributed by atoms with Gasteiger partial charge in [0.25, 0.3) is 0 Å². The van der Waals surface area contributed by atoms with Crippen molar-refractivity contribution in [2.75, 3.05) is 12.4 Å². The SMILES string of the molecule is CCCCc1nc2c(N)nc3ccccc3c2n1Cc1ccc(CNCNC(=O)CCC(CC)C(N)=O)cc1. The highest BCUT2D eigenvalue weighted by Gasteiger charge is 2.17. The third kappa shape index (κ3) is 6.92. The molecular formula is C30H39N7O2. The molecule has 2 aromatic heterocycles. The van der Waals surface area contributed by atoms with Gasteiger partial charge < -0.3 is 21.4 Å². The fraction of sp³-hybridized carbons (Fsp3) is 0.400. The van der Waals surface area contributed by atoms with Gasteiger partial charge in [0, 0.05) is 37.2 Å². The van der Waals surface area contributed by atoms with Crippen LogP contribution in [-0.4, -0.2) is 33.0 Å². The molecule has 0 saturated carbocycles. The van der Waals surface area contributed by atoms with Crippen LogP contribution in [0, 0.1) is 5.92 Å². The van der Waals surface area contributed by atoms with Crippen molar-refractivity contribution in [3.8, 4) is 0 Å². The third-order valence-electron chi connectivity index (χ3n) is 7.16. The molecule has 2 aromatic carbocycles. The van der Waals surface area contributed by atoms with Gasteiger partial charge in [-0.3, -0.25) is 14.9 Å². The number of nitrogens with zero attached hydrogens (tertiary/aromatic N) is 3. The van der Waals surface area contributed by atoms with Crippen LogP contribution in [0.3, 0.4) is 0 Å². The van der Waals surface area contributed by atoms with Crippen LogP contribution in [0.4, 0.5) is 5.82 Å². The van der Waals surface area contributed by atoms with E-state index in [0.717, 1.165) is 52.6 Å². The summed E-state index contributed by atoms with van der Waals surface area (Å²) in [5.74, 6) is 0.802. The minimum Gasteiger partial charge on any atom is -0.382 e. The van der Waals surface area contributed by atoms with Gasteiger partial charge in [-0.2, -0.15) is 0 Å². The number of nitrogens with one attached hydrogen (secondary N) is 2. The highest BCUT2D eigenvalue weighted by Crippen LogP contribution is 2.30. The molecule has 1 unspecified atom stereocenters. The maximum atomic E-state index is 12.1. The highest BCUT2D eigenvalue weighted by molar-refractivity contribution is 6.06. The molecule has 9 heteroatoms. The molecule has 4 rings (SSSR count). The number of nitrogens with two attached hydrogens (primary N) is 2. The van der Waals surface area contributed by atoms with Gasteiger partial charge in [-0.25, -0.2) is 9.97 Å². The number of carbonyl (C=O) groups excluding carboxylic acids is 2. The van der Waals surface area contributed by atoms with E-state index >= 15 is 0 Å². The number of amides is 2. The van der Waals surface area contributed by atoms with Crippen molar-refractivity contribution < 1.29 is 9.59 Å². The number of para-hydroxylation sites is 1. The molecule has 0 radical (unpaired) electrons. The van der Waals surface area contributed by atoms with E-state index < -0.39 is 0 Å². The highest BCUT2D eigenvalue weighted by atomic mass is 16.2. The van der Waals surface area contributed by atoms with E-state index in [1.54, 1.807) is 0 Å². The van der Waals surface area contributed by atoms with Crippen LogP contribution >= 0.6 is 0 Å². The number of carbonyl (C=O) groups is 2. The number of hydrogen-bond acceptors (Lipinski definition) is 6. The number of aryl methyl sites for hydroxylation is 1. The van der Waals surface area contributed by atoms with Gasteiger partial charge in [-0.05, 0) is 36.5 Å². The molecule has 206 valence electrons. The number of hydrogen-bond donors (Lipinski definition) is 4. The van der Waals surface area contributed by atoms with Crippen molar-refractivity contribution in [2.45, 2.75) is 65.5 Å². The van der Waals surface area contributed by atoms with Crippen molar-refractivity contribution in [3.05, 3.63) is 65.5 Å². The molecule has 0 bridgehead atoms. The van der Waals surface area contributed by atoms with Crippen LogP contribution in [0.2, 0.25) is 0 Å². The average molecular weight is 530 g/mol. The summed E-state index contributed by atoms with van der Waals surface area (Å²) in [6.07, 6.45) is 4.44. The van der Waals surface area contributed by atoms with Crippen LogP contribution in [0.25, 0.3) is 21.9 Å². The van der Waals surface area contributed by atoms with Crippen LogP contribution in [0.1, 0.15) is 62.9 Å². The fourth-order valence-electron chi connectivity index (χ4n) is 4.86. The van der Waals surface area contributed by atoms with Crippen molar-refractivity contribution in [1.82, 2.24) is 25.2 Å². The lowest BCUT2D eigenvalue weighted by Gasteiger charge is -2.12. The summed E-state index contributed by atoms with van der Waals surface area (Å²) in [6.45, 7) is 5.76. The van der Waals surface area contributed by atoms with Gasteiger partial charge in [-0.1, -0.05) is 62.7 Å². The molecule has 0 saturated heterocycles. The first-order valence-electron chi connectivity index (χ1n) is 13.8. The number of pyridine rings is 1. The molecule has 0 aliphatic heterocycles. The Hall–Kier alpha value is -3.98. The van der Waals surface area contributed by atoms with E-state index in [0.29, 0.717) is 38.4 Å². The summed E-state index contributed by atoms with van der Waals surface area (Å²) in [6, 6.07) is 16.5. The van der Waals surface area contributed by atoms with E-state index in [4.69, 9.17) is 16.5 Å². The first-order valence-corrected chi connectivity index (χ1v) is 13.8. The van der Waals surface area contributed by atoms with E-state index in [2.05, 4.69) is 57.4 Å². The number of primary amides is 1. The van der Waals surface area contributed by atoms with Crippen LogP contribution < -0.4 is 22.1 Å². The zero-order valence-corrected chi connectivity index (χ0v) is 22.9. The second-order valence-electron chi connectivity index (χ2n) is 10.00. The number of rotatable bonds is 14. The van der Waals surface area contributed by atoms with E-state index in [9.17, 15) is 9.59 Å². The smallest absolute Gasteiger partial charge is 0.221 e. The van der Waals surface area contributed by atoms with Crippen LogP contribution in [0.15, 0.2) is 48.5 Å². The Kier molecular flexibility index (Phi) is 9.49. The van der Waals surface area contributed by atoms with E-state index in [1.165, 1.54) is 5.56 Å². The Bertz CT molecular complexity index is 1430. The molecule has 0 aliphatic carbocycles. The molecule has 4 aromatic rings. The zero-order chi connectivity index (χ0) is 27.8. The molecule has 6 N–H and O–H groups in total. The molecule has 39 heavy (non-hydrogen) atoms. The average Bonchev–Trinajstić information content (AvgIpc) is 3.30.